The van der Waals surface area contributed by atoms with E-state index in [4.69, 9.17) is 5.73 Å². The summed E-state index contributed by atoms with van der Waals surface area (Å²) in [4.78, 5) is 4.13. The minimum absolute atomic E-state index is 0.0940. The van der Waals surface area contributed by atoms with Crippen molar-refractivity contribution < 1.29 is 0 Å². The normalized spacial score (nSPS) is 28.8. The Balaban J connectivity index is 2.06. The maximum Gasteiger partial charge on any atom is 0.0948 e. The predicted molar refractivity (Wildman–Crippen MR) is 52.1 cm³/mol. The largest absolute Gasteiger partial charge is 0.333 e. The third-order valence-electron chi connectivity index (χ3n) is 2.92. The summed E-state index contributed by atoms with van der Waals surface area (Å²) in [6, 6.07) is 0.0940. The van der Waals surface area contributed by atoms with E-state index in [0.29, 0.717) is 0 Å². The summed E-state index contributed by atoms with van der Waals surface area (Å²) in [5.74, 6) is 1.75. The molecule has 2 N–H and O–H groups in total. The van der Waals surface area contributed by atoms with E-state index in [9.17, 15) is 0 Å². The quantitative estimate of drug-likeness (QED) is 0.765. The second kappa shape index (κ2) is 3.14. The first-order valence-corrected chi connectivity index (χ1v) is 4.94. The van der Waals surface area contributed by atoms with Gasteiger partial charge in [0.2, 0.25) is 0 Å². The third kappa shape index (κ3) is 1.75. The van der Waals surface area contributed by atoms with Gasteiger partial charge in [0.15, 0.2) is 0 Å². The fraction of sp³-hybridized carbons (Fsp3) is 0.700. The van der Waals surface area contributed by atoms with Crippen LogP contribution in [-0.2, 0) is 6.54 Å². The summed E-state index contributed by atoms with van der Waals surface area (Å²) < 4.78 is 2.19. The van der Waals surface area contributed by atoms with Crippen LogP contribution >= 0.6 is 0 Å². The van der Waals surface area contributed by atoms with Crippen LogP contribution in [0.3, 0.4) is 0 Å². The zero-order chi connectivity index (χ0) is 9.42. The van der Waals surface area contributed by atoms with Gasteiger partial charge >= 0.3 is 0 Å². The highest BCUT2D eigenvalue weighted by Crippen LogP contribution is 2.39. The Morgan fingerprint density at radius 1 is 1.77 bits per heavy atom. The fourth-order valence-corrected chi connectivity index (χ4v) is 1.77. The highest BCUT2D eigenvalue weighted by molar-refractivity contribution is 5.04. The molecule has 1 aromatic heterocycles. The van der Waals surface area contributed by atoms with Crippen LogP contribution < -0.4 is 5.73 Å². The van der Waals surface area contributed by atoms with Crippen molar-refractivity contribution in [2.24, 2.45) is 17.6 Å². The zero-order valence-corrected chi connectivity index (χ0v) is 8.27. The maximum atomic E-state index is 5.83. The van der Waals surface area contributed by atoms with Crippen molar-refractivity contribution in [1.29, 1.82) is 0 Å². The molecular weight excluding hydrogens is 162 g/mol. The lowest BCUT2D eigenvalue weighted by molar-refractivity contribution is 0.556. The summed E-state index contributed by atoms with van der Waals surface area (Å²) in [6.07, 6.45) is 5.12. The summed E-state index contributed by atoms with van der Waals surface area (Å²) in [7, 11) is 0. The van der Waals surface area contributed by atoms with Crippen molar-refractivity contribution >= 4 is 0 Å². The molecule has 0 saturated heterocycles. The molecule has 2 unspecified atom stereocenters. The van der Waals surface area contributed by atoms with E-state index in [1.165, 1.54) is 6.42 Å². The van der Waals surface area contributed by atoms with Crippen LogP contribution in [0.1, 0.15) is 32.0 Å². The van der Waals surface area contributed by atoms with Gasteiger partial charge < -0.3 is 10.3 Å². The van der Waals surface area contributed by atoms with Gasteiger partial charge in [-0.25, -0.2) is 4.98 Å². The van der Waals surface area contributed by atoms with Crippen LogP contribution in [-0.4, -0.2) is 9.55 Å². The minimum Gasteiger partial charge on any atom is -0.333 e. The molecule has 0 bridgehead atoms. The average molecular weight is 179 g/mol. The van der Waals surface area contributed by atoms with Crippen molar-refractivity contribution in [2.45, 2.75) is 32.9 Å². The van der Waals surface area contributed by atoms with Crippen LogP contribution in [0.25, 0.3) is 0 Å². The number of nitrogens with zero attached hydrogens (tertiary/aromatic N) is 2. The molecule has 72 valence electrons. The van der Waals surface area contributed by atoms with E-state index in [1.54, 1.807) is 0 Å². The fourth-order valence-electron chi connectivity index (χ4n) is 1.77. The number of hydrogen-bond acceptors (Lipinski definition) is 2. The van der Waals surface area contributed by atoms with E-state index >= 15 is 0 Å². The molecule has 0 aromatic carbocycles. The van der Waals surface area contributed by atoms with Crippen LogP contribution in [0, 0.1) is 11.8 Å². The van der Waals surface area contributed by atoms with E-state index in [-0.39, 0.29) is 6.04 Å². The standard InChI is InChI=1S/C10H17N3/c1-7-3-9(7)5-13-6-12-4-10(13)8(2)11/h4,6-9H,3,5,11H2,1-2H3/t7?,8-,9?/m0/s1. The van der Waals surface area contributed by atoms with Crippen LogP contribution in [0.15, 0.2) is 12.5 Å². The van der Waals surface area contributed by atoms with Gasteiger partial charge in [0.05, 0.1) is 12.0 Å². The molecule has 1 saturated carbocycles. The molecule has 2 rings (SSSR count). The number of aromatic nitrogens is 2. The Morgan fingerprint density at radius 2 is 2.46 bits per heavy atom. The maximum absolute atomic E-state index is 5.83. The lowest BCUT2D eigenvalue weighted by atomic mass is 10.2. The molecule has 1 aliphatic carbocycles. The first kappa shape index (κ1) is 8.75. The summed E-state index contributed by atoms with van der Waals surface area (Å²) >= 11 is 0. The highest BCUT2D eigenvalue weighted by Gasteiger charge is 2.32. The first-order valence-electron chi connectivity index (χ1n) is 4.94. The lowest BCUT2D eigenvalue weighted by Crippen LogP contribution is -2.12. The number of nitrogens with two attached hydrogens (primary N) is 1. The van der Waals surface area contributed by atoms with Crippen molar-refractivity contribution in [3.05, 3.63) is 18.2 Å². The van der Waals surface area contributed by atoms with Crippen molar-refractivity contribution in [2.75, 3.05) is 0 Å². The summed E-state index contributed by atoms with van der Waals surface area (Å²) in [6.45, 7) is 5.40. The van der Waals surface area contributed by atoms with Gasteiger partial charge in [-0.05, 0) is 25.2 Å². The SMILES string of the molecule is CC1CC1Cn1cncc1[C@H](C)N. The van der Waals surface area contributed by atoms with E-state index in [0.717, 1.165) is 24.1 Å². The van der Waals surface area contributed by atoms with Crippen LogP contribution in [0.4, 0.5) is 0 Å². The van der Waals surface area contributed by atoms with E-state index in [2.05, 4.69) is 16.5 Å². The summed E-state index contributed by atoms with van der Waals surface area (Å²) in [5, 5.41) is 0. The highest BCUT2D eigenvalue weighted by atomic mass is 15.1. The zero-order valence-electron chi connectivity index (χ0n) is 8.27. The Morgan fingerprint density at radius 3 is 3.00 bits per heavy atom. The van der Waals surface area contributed by atoms with Crippen molar-refractivity contribution in [3.8, 4) is 0 Å². The molecule has 1 fully saturated rings. The molecular formula is C10H17N3. The number of rotatable bonds is 3. The third-order valence-corrected chi connectivity index (χ3v) is 2.92. The topological polar surface area (TPSA) is 43.8 Å². The first-order chi connectivity index (χ1) is 6.18. The lowest BCUT2D eigenvalue weighted by Gasteiger charge is -2.09. The Bertz CT molecular complexity index is 290. The van der Waals surface area contributed by atoms with Gasteiger partial charge in [-0.1, -0.05) is 6.92 Å². The molecule has 1 heterocycles. The van der Waals surface area contributed by atoms with Crippen molar-refractivity contribution in [3.63, 3.8) is 0 Å². The molecule has 0 spiro atoms. The molecule has 0 amide bonds. The molecule has 1 aliphatic rings. The summed E-state index contributed by atoms with van der Waals surface area (Å²) in [5.41, 5.74) is 6.98. The minimum atomic E-state index is 0.0940. The molecule has 0 radical (unpaired) electrons. The second-order valence-corrected chi connectivity index (χ2v) is 4.23. The monoisotopic (exact) mass is 179 g/mol. The molecule has 3 atom stereocenters. The molecule has 13 heavy (non-hydrogen) atoms. The average Bonchev–Trinajstić information content (AvgIpc) is 2.62. The molecule has 1 aromatic rings. The van der Waals surface area contributed by atoms with E-state index in [1.807, 2.05) is 19.4 Å². The van der Waals surface area contributed by atoms with Gasteiger partial charge in [0.1, 0.15) is 0 Å². The second-order valence-electron chi connectivity index (χ2n) is 4.23. The Kier molecular flexibility index (Phi) is 2.12. The van der Waals surface area contributed by atoms with Gasteiger partial charge in [-0.3, -0.25) is 0 Å². The molecule has 0 aliphatic heterocycles. The van der Waals surface area contributed by atoms with Crippen LogP contribution in [0.2, 0.25) is 0 Å². The Labute approximate surface area is 79.0 Å². The van der Waals surface area contributed by atoms with E-state index < -0.39 is 0 Å². The van der Waals surface area contributed by atoms with Gasteiger partial charge in [0.25, 0.3) is 0 Å². The van der Waals surface area contributed by atoms with Gasteiger partial charge in [-0.2, -0.15) is 0 Å². The van der Waals surface area contributed by atoms with Crippen molar-refractivity contribution in [1.82, 2.24) is 9.55 Å². The molecule has 3 nitrogen and oxygen atoms in total. The number of hydrogen-bond donors (Lipinski definition) is 1. The molecule has 3 heteroatoms. The van der Waals surface area contributed by atoms with Gasteiger partial charge in [-0.15, -0.1) is 0 Å². The number of imidazole rings is 1. The predicted octanol–water partition coefficient (Wildman–Crippen LogP) is 1.56. The Hall–Kier alpha value is -0.830. The van der Waals surface area contributed by atoms with Gasteiger partial charge in [0, 0.05) is 18.8 Å². The smallest absolute Gasteiger partial charge is 0.0948 e. The van der Waals surface area contributed by atoms with Crippen LogP contribution in [0.5, 0.6) is 0 Å².